The first-order valence-electron chi connectivity index (χ1n) is 9.65. The second-order valence-electron chi connectivity index (χ2n) is 7.77. The summed E-state index contributed by atoms with van der Waals surface area (Å²) in [6, 6.07) is 8.49. The van der Waals surface area contributed by atoms with Crippen molar-refractivity contribution in [3.05, 3.63) is 52.7 Å². The number of oxazole rings is 1. The molecule has 1 aromatic carbocycles. The Labute approximate surface area is 155 Å². The van der Waals surface area contributed by atoms with Crippen LogP contribution < -0.4 is 0 Å². The van der Waals surface area contributed by atoms with Crippen LogP contribution in [0.2, 0.25) is 0 Å². The molecule has 5 nitrogen and oxygen atoms in total. The van der Waals surface area contributed by atoms with E-state index in [2.05, 4.69) is 48.0 Å². The van der Waals surface area contributed by atoms with Gasteiger partial charge in [0.1, 0.15) is 5.76 Å². The number of hydrogen-bond acceptors (Lipinski definition) is 4. The standard InChI is InChI=1S/C21H27N3O2/c1-15-6-5-10-24(12-15)21(25)20-22-18-14-23(11-9-19(18)26-20)13-17-8-4-3-7-16(17)2/h3-4,7-8,15H,5-6,9-14H2,1-2H3. The Balaban J connectivity index is 1.45. The molecule has 0 N–H and O–H groups in total. The van der Waals surface area contributed by atoms with Gasteiger partial charge in [0, 0.05) is 39.1 Å². The monoisotopic (exact) mass is 353 g/mol. The van der Waals surface area contributed by atoms with Gasteiger partial charge < -0.3 is 9.32 Å². The molecule has 1 saturated heterocycles. The van der Waals surface area contributed by atoms with Crippen molar-refractivity contribution in [2.75, 3.05) is 19.6 Å². The summed E-state index contributed by atoms with van der Waals surface area (Å²) < 4.78 is 5.85. The molecule has 5 heteroatoms. The molecular formula is C21H27N3O2. The van der Waals surface area contributed by atoms with Gasteiger partial charge in [-0.15, -0.1) is 0 Å². The highest BCUT2D eigenvalue weighted by Crippen LogP contribution is 2.24. The number of benzene rings is 1. The first-order chi connectivity index (χ1) is 12.6. The molecule has 26 heavy (non-hydrogen) atoms. The summed E-state index contributed by atoms with van der Waals surface area (Å²) in [5, 5.41) is 0. The van der Waals surface area contributed by atoms with Crippen molar-refractivity contribution in [2.45, 2.75) is 46.2 Å². The average molecular weight is 353 g/mol. The number of fused-ring (bicyclic) bond motifs is 1. The quantitative estimate of drug-likeness (QED) is 0.848. The van der Waals surface area contributed by atoms with Crippen molar-refractivity contribution >= 4 is 5.91 Å². The third-order valence-electron chi connectivity index (χ3n) is 5.59. The number of nitrogens with zero attached hydrogens (tertiary/aromatic N) is 3. The van der Waals surface area contributed by atoms with Gasteiger partial charge in [0.15, 0.2) is 0 Å². The minimum absolute atomic E-state index is 0.0450. The van der Waals surface area contributed by atoms with Crippen molar-refractivity contribution in [2.24, 2.45) is 5.92 Å². The zero-order valence-corrected chi connectivity index (χ0v) is 15.7. The smallest absolute Gasteiger partial charge is 0.309 e. The maximum atomic E-state index is 12.7. The van der Waals surface area contributed by atoms with E-state index < -0.39 is 0 Å². The van der Waals surface area contributed by atoms with E-state index in [9.17, 15) is 4.79 Å². The van der Waals surface area contributed by atoms with Crippen molar-refractivity contribution in [3.8, 4) is 0 Å². The lowest BCUT2D eigenvalue weighted by atomic mass is 10.0. The van der Waals surface area contributed by atoms with E-state index in [1.54, 1.807) is 0 Å². The summed E-state index contributed by atoms with van der Waals surface area (Å²) in [4.78, 5) is 21.6. The van der Waals surface area contributed by atoms with Crippen LogP contribution in [0, 0.1) is 12.8 Å². The number of likely N-dealkylation sites (tertiary alicyclic amines) is 1. The Morgan fingerprint density at radius 1 is 1.31 bits per heavy atom. The van der Waals surface area contributed by atoms with Crippen LogP contribution in [-0.2, 0) is 19.5 Å². The van der Waals surface area contributed by atoms with Crippen LogP contribution in [0.3, 0.4) is 0 Å². The van der Waals surface area contributed by atoms with Crippen LogP contribution in [0.1, 0.15) is 53.0 Å². The highest BCUT2D eigenvalue weighted by molar-refractivity contribution is 5.89. The number of aryl methyl sites for hydroxylation is 1. The van der Waals surface area contributed by atoms with Gasteiger partial charge in [-0.2, -0.15) is 0 Å². The molecule has 4 rings (SSSR count). The lowest BCUT2D eigenvalue weighted by Gasteiger charge is -2.29. The molecule has 3 heterocycles. The second kappa shape index (κ2) is 7.23. The van der Waals surface area contributed by atoms with E-state index in [1.165, 1.54) is 17.5 Å². The van der Waals surface area contributed by atoms with Crippen LogP contribution in [-0.4, -0.2) is 40.3 Å². The fraction of sp³-hybridized carbons (Fsp3) is 0.524. The molecule has 0 spiro atoms. The lowest BCUT2D eigenvalue weighted by molar-refractivity contribution is 0.0640. The van der Waals surface area contributed by atoms with E-state index in [-0.39, 0.29) is 11.8 Å². The molecule has 2 aliphatic heterocycles. The van der Waals surface area contributed by atoms with Crippen molar-refractivity contribution in [3.63, 3.8) is 0 Å². The number of carbonyl (C=O) groups excluding carboxylic acids is 1. The maximum Gasteiger partial charge on any atom is 0.309 e. The summed E-state index contributed by atoms with van der Waals surface area (Å²) in [5.74, 6) is 1.68. The number of hydrogen-bond donors (Lipinski definition) is 0. The molecule has 1 aromatic heterocycles. The molecule has 1 amide bonds. The van der Waals surface area contributed by atoms with Gasteiger partial charge in [0.05, 0.1) is 5.69 Å². The van der Waals surface area contributed by atoms with Crippen LogP contribution in [0.25, 0.3) is 0 Å². The Hall–Kier alpha value is -2.14. The fourth-order valence-corrected chi connectivity index (χ4v) is 4.02. The van der Waals surface area contributed by atoms with E-state index >= 15 is 0 Å². The van der Waals surface area contributed by atoms with Gasteiger partial charge in [-0.3, -0.25) is 9.69 Å². The molecule has 0 bridgehead atoms. The number of carbonyl (C=O) groups is 1. The van der Waals surface area contributed by atoms with Gasteiger partial charge in [0.2, 0.25) is 0 Å². The average Bonchev–Trinajstić information content (AvgIpc) is 3.06. The molecule has 0 saturated carbocycles. The van der Waals surface area contributed by atoms with Crippen LogP contribution in [0.5, 0.6) is 0 Å². The Bertz CT molecular complexity index is 798. The highest BCUT2D eigenvalue weighted by atomic mass is 16.4. The first kappa shape index (κ1) is 17.3. The minimum Gasteiger partial charge on any atom is -0.437 e. The molecule has 1 atom stereocenters. The number of amides is 1. The molecule has 2 aliphatic rings. The number of piperidine rings is 1. The SMILES string of the molecule is Cc1ccccc1CN1CCc2oc(C(=O)N3CCCC(C)C3)nc2C1. The summed E-state index contributed by atoms with van der Waals surface area (Å²) in [6.07, 6.45) is 3.08. The predicted molar refractivity (Wildman–Crippen MR) is 99.8 cm³/mol. The summed E-state index contributed by atoms with van der Waals surface area (Å²) in [7, 11) is 0. The van der Waals surface area contributed by atoms with Gasteiger partial charge in [0.25, 0.3) is 5.89 Å². The third kappa shape index (κ3) is 3.54. The Morgan fingerprint density at radius 3 is 2.96 bits per heavy atom. The van der Waals surface area contributed by atoms with Crippen LogP contribution in [0.15, 0.2) is 28.7 Å². The third-order valence-corrected chi connectivity index (χ3v) is 5.59. The normalized spacial score (nSPS) is 20.8. The zero-order chi connectivity index (χ0) is 18.1. The van der Waals surface area contributed by atoms with Gasteiger partial charge in [-0.05, 0) is 36.8 Å². The number of aromatic nitrogens is 1. The fourth-order valence-electron chi connectivity index (χ4n) is 4.02. The highest BCUT2D eigenvalue weighted by Gasteiger charge is 2.29. The van der Waals surface area contributed by atoms with E-state index in [4.69, 9.17) is 4.42 Å². The molecule has 0 radical (unpaired) electrons. The summed E-state index contributed by atoms with van der Waals surface area (Å²) >= 11 is 0. The van der Waals surface area contributed by atoms with Crippen LogP contribution >= 0.6 is 0 Å². The Kier molecular flexibility index (Phi) is 4.81. The second-order valence-corrected chi connectivity index (χ2v) is 7.77. The molecule has 1 unspecified atom stereocenters. The number of rotatable bonds is 3. The van der Waals surface area contributed by atoms with Gasteiger partial charge >= 0.3 is 5.91 Å². The topological polar surface area (TPSA) is 49.6 Å². The van der Waals surface area contributed by atoms with E-state index in [0.29, 0.717) is 5.92 Å². The van der Waals surface area contributed by atoms with E-state index in [1.807, 2.05) is 4.90 Å². The van der Waals surface area contributed by atoms with Gasteiger partial charge in [-0.25, -0.2) is 4.98 Å². The molecule has 0 aliphatic carbocycles. The maximum absolute atomic E-state index is 12.7. The molecule has 1 fully saturated rings. The van der Waals surface area contributed by atoms with Gasteiger partial charge in [-0.1, -0.05) is 31.2 Å². The van der Waals surface area contributed by atoms with E-state index in [0.717, 1.165) is 57.0 Å². The zero-order valence-electron chi connectivity index (χ0n) is 15.7. The lowest BCUT2D eigenvalue weighted by Crippen LogP contribution is -2.39. The molecule has 2 aromatic rings. The Morgan fingerprint density at radius 2 is 2.15 bits per heavy atom. The van der Waals surface area contributed by atoms with Crippen molar-refractivity contribution in [1.82, 2.24) is 14.8 Å². The molecule has 138 valence electrons. The van der Waals surface area contributed by atoms with Crippen molar-refractivity contribution < 1.29 is 9.21 Å². The first-order valence-corrected chi connectivity index (χ1v) is 9.65. The predicted octanol–water partition coefficient (Wildman–Crippen LogP) is 3.41. The summed E-state index contributed by atoms with van der Waals surface area (Å²) in [6.45, 7) is 8.56. The minimum atomic E-state index is -0.0450. The summed E-state index contributed by atoms with van der Waals surface area (Å²) in [5.41, 5.74) is 3.59. The van der Waals surface area contributed by atoms with Crippen molar-refractivity contribution in [1.29, 1.82) is 0 Å². The molecular weight excluding hydrogens is 326 g/mol. The van der Waals surface area contributed by atoms with Crippen LogP contribution in [0.4, 0.5) is 0 Å². The largest absolute Gasteiger partial charge is 0.437 e.